The minimum Gasteiger partial charge on any atom is -0.489 e. The number of benzene rings is 3. The van der Waals surface area contributed by atoms with Crippen LogP contribution >= 0.6 is 11.6 Å². The fourth-order valence-corrected chi connectivity index (χ4v) is 5.22. The second-order valence-corrected chi connectivity index (χ2v) is 9.59. The van der Waals surface area contributed by atoms with Gasteiger partial charge in [0.25, 0.3) is 5.91 Å². The van der Waals surface area contributed by atoms with Crippen molar-refractivity contribution in [3.8, 4) is 5.75 Å². The highest BCUT2D eigenvalue weighted by molar-refractivity contribution is 6.31. The molecule has 2 aliphatic rings. The zero-order valence-corrected chi connectivity index (χ0v) is 20.2. The number of carbonyl (C=O) groups excluding carboxylic acids is 1. The second-order valence-electron chi connectivity index (χ2n) is 9.16. The van der Waals surface area contributed by atoms with E-state index in [9.17, 15) is 9.59 Å². The molecule has 2 atom stereocenters. The minimum absolute atomic E-state index is 0.0772. The summed E-state index contributed by atoms with van der Waals surface area (Å²) in [7, 11) is 0. The number of carbonyl (C=O) groups is 1. The summed E-state index contributed by atoms with van der Waals surface area (Å²) in [5.41, 5.74) is 2.24. The van der Waals surface area contributed by atoms with E-state index < -0.39 is 6.04 Å². The Morgan fingerprint density at radius 1 is 1.00 bits per heavy atom. The standard InChI is InChI=1S/C29H24ClNO5/c30-20-11-12-24-23(15-20)27(32)25-26(31(29(33)28(25)36-24)16-22-10-5-13-34-22)19-8-4-9-21(14-19)35-17-18-6-2-1-3-7-18/h1-4,6-9,11-12,14-15,22,26H,5,10,13,16-17H2. The summed E-state index contributed by atoms with van der Waals surface area (Å²) in [6.07, 6.45) is 1.74. The molecule has 182 valence electrons. The van der Waals surface area contributed by atoms with Gasteiger partial charge in [-0.2, -0.15) is 0 Å². The first-order valence-corrected chi connectivity index (χ1v) is 12.4. The molecule has 7 heteroatoms. The summed E-state index contributed by atoms with van der Waals surface area (Å²) >= 11 is 6.18. The third-order valence-corrected chi connectivity index (χ3v) is 7.01. The van der Waals surface area contributed by atoms with Gasteiger partial charge in [-0.25, -0.2) is 0 Å². The van der Waals surface area contributed by atoms with Gasteiger partial charge in [0, 0.05) is 18.2 Å². The maximum absolute atomic E-state index is 13.7. The van der Waals surface area contributed by atoms with Gasteiger partial charge < -0.3 is 18.8 Å². The lowest BCUT2D eigenvalue weighted by Crippen LogP contribution is -2.36. The van der Waals surface area contributed by atoms with E-state index in [2.05, 4.69) is 0 Å². The Morgan fingerprint density at radius 2 is 1.86 bits per heavy atom. The highest BCUT2D eigenvalue weighted by Crippen LogP contribution is 2.40. The topological polar surface area (TPSA) is 69.0 Å². The van der Waals surface area contributed by atoms with E-state index >= 15 is 0 Å². The van der Waals surface area contributed by atoms with Crippen molar-refractivity contribution in [3.63, 3.8) is 0 Å². The Labute approximate surface area is 213 Å². The van der Waals surface area contributed by atoms with Crippen LogP contribution in [0.1, 0.15) is 46.1 Å². The van der Waals surface area contributed by atoms with Gasteiger partial charge in [0.2, 0.25) is 5.76 Å². The Bertz CT molecular complexity index is 1490. The number of halogens is 1. The Kier molecular flexibility index (Phi) is 5.99. The number of fused-ring (bicyclic) bond motifs is 2. The molecular formula is C29H24ClNO5. The molecule has 0 saturated carbocycles. The minimum atomic E-state index is -0.614. The summed E-state index contributed by atoms with van der Waals surface area (Å²) < 4.78 is 17.9. The van der Waals surface area contributed by atoms with Crippen molar-refractivity contribution in [1.82, 2.24) is 4.90 Å². The molecule has 0 bridgehead atoms. The zero-order valence-electron chi connectivity index (χ0n) is 19.5. The third-order valence-electron chi connectivity index (χ3n) is 6.77. The summed E-state index contributed by atoms with van der Waals surface area (Å²) in [5.74, 6) is 0.422. The molecule has 4 aromatic rings. The molecule has 1 saturated heterocycles. The predicted octanol–water partition coefficient (Wildman–Crippen LogP) is 5.75. The average molecular weight is 502 g/mol. The van der Waals surface area contributed by atoms with Crippen molar-refractivity contribution in [3.05, 3.63) is 110 Å². The van der Waals surface area contributed by atoms with Gasteiger partial charge in [0.15, 0.2) is 5.43 Å². The van der Waals surface area contributed by atoms with Crippen molar-refractivity contribution < 1.29 is 18.7 Å². The predicted molar refractivity (Wildman–Crippen MR) is 137 cm³/mol. The van der Waals surface area contributed by atoms with Crippen molar-refractivity contribution in [2.24, 2.45) is 0 Å². The van der Waals surface area contributed by atoms with Crippen LogP contribution < -0.4 is 10.2 Å². The number of hydrogen-bond acceptors (Lipinski definition) is 5. The van der Waals surface area contributed by atoms with Gasteiger partial charge in [-0.3, -0.25) is 9.59 Å². The first-order chi connectivity index (χ1) is 17.6. The highest BCUT2D eigenvalue weighted by Gasteiger charge is 2.44. The van der Waals surface area contributed by atoms with Gasteiger partial charge in [-0.05, 0) is 54.3 Å². The van der Waals surface area contributed by atoms with Crippen LogP contribution in [0.2, 0.25) is 5.02 Å². The third kappa shape index (κ3) is 4.16. The number of amides is 1. The van der Waals surface area contributed by atoms with Gasteiger partial charge >= 0.3 is 0 Å². The fourth-order valence-electron chi connectivity index (χ4n) is 5.05. The van der Waals surface area contributed by atoms with Gasteiger partial charge in [0.1, 0.15) is 17.9 Å². The van der Waals surface area contributed by atoms with E-state index in [-0.39, 0.29) is 23.2 Å². The molecule has 0 spiro atoms. The van der Waals surface area contributed by atoms with Crippen LogP contribution in [0.25, 0.3) is 11.0 Å². The van der Waals surface area contributed by atoms with Crippen LogP contribution in [0, 0.1) is 0 Å². The lowest BCUT2D eigenvalue weighted by atomic mass is 9.98. The second kappa shape index (κ2) is 9.45. The summed E-state index contributed by atoms with van der Waals surface area (Å²) in [6, 6.07) is 21.7. The largest absolute Gasteiger partial charge is 0.489 e. The van der Waals surface area contributed by atoms with Crippen molar-refractivity contribution in [2.45, 2.75) is 31.6 Å². The molecule has 3 heterocycles. The SMILES string of the molecule is O=C1c2oc3ccc(Cl)cc3c(=O)c2C(c2cccc(OCc3ccccc3)c2)N1CC1CCCO1. The van der Waals surface area contributed by atoms with Crippen molar-refractivity contribution in [1.29, 1.82) is 0 Å². The number of rotatable bonds is 6. The van der Waals surface area contributed by atoms with Crippen LogP contribution in [0.4, 0.5) is 0 Å². The van der Waals surface area contributed by atoms with Crippen molar-refractivity contribution >= 4 is 28.5 Å². The summed E-state index contributed by atoms with van der Waals surface area (Å²) in [6.45, 7) is 1.46. The van der Waals surface area contributed by atoms with Crippen LogP contribution in [0.3, 0.4) is 0 Å². The van der Waals surface area contributed by atoms with Crippen LogP contribution in [-0.2, 0) is 11.3 Å². The molecule has 0 radical (unpaired) electrons. The van der Waals surface area contributed by atoms with Gasteiger partial charge in [0.05, 0.1) is 23.1 Å². The molecule has 3 aromatic carbocycles. The molecule has 0 aliphatic carbocycles. The van der Waals surface area contributed by atoms with E-state index in [1.165, 1.54) is 0 Å². The lowest BCUT2D eigenvalue weighted by Gasteiger charge is -2.27. The lowest BCUT2D eigenvalue weighted by molar-refractivity contribution is 0.0486. The maximum Gasteiger partial charge on any atom is 0.291 e. The van der Waals surface area contributed by atoms with E-state index in [1.54, 1.807) is 23.1 Å². The molecule has 1 aromatic heterocycles. The Hall–Kier alpha value is -3.61. The first-order valence-electron chi connectivity index (χ1n) is 12.0. The Balaban J connectivity index is 1.43. The highest BCUT2D eigenvalue weighted by atomic mass is 35.5. The molecule has 0 N–H and O–H groups in total. The Morgan fingerprint density at radius 3 is 2.67 bits per heavy atom. The molecule has 2 unspecified atom stereocenters. The van der Waals surface area contributed by atoms with E-state index in [4.69, 9.17) is 25.5 Å². The molecule has 6 nitrogen and oxygen atoms in total. The number of nitrogens with zero attached hydrogens (tertiary/aromatic N) is 1. The molecular weight excluding hydrogens is 478 g/mol. The molecule has 6 rings (SSSR count). The monoisotopic (exact) mass is 501 g/mol. The first kappa shape index (κ1) is 22.8. The molecule has 1 amide bonds. The van der Waals surface area contributed by atoms with Crippen LogP contribution in [0.15, 0.2) is 82.0 Å². The molecule has 2 aliphatic heterocycles. The average Bonchev–Trinajstić information content (AvgIpc) is 3.51. The van der Waals surface area contributed by atoms with E-state index in [1.807, 2.05) is 54.6 Å². The summed E-state index contributed by atoms with van der Waals surface area (Å²) in [5, 5.41) is 0.789. The summed E-state index contributed by atoms with van der Waals surface area (Å²) in [4.78, 5) is 29.0. The van der Waals surface area contributed by atoms with Crippen LogP contribution in [-0.4, -0.2) is 30.1 Å². The normalized spacial score (nSPS) is 19.1. The van der Waals surface area contributed by atoms with Gasteiger partial charge in [-0.1, -0.05) is 54.1 Å². The van der Waals surface area contributed by atoms with Gasteiger partial charge in [-0.15, -0.1) is 0 Å². The smallest absolute Gasteiger partial charge is 0.291 e. The molecule has 1 fully saturated rings. The zero-order chi connectivity index (χ0) is 24.6. The quantitative estimate of drug-likeness (QED) is 0.336. The van der Waals surface area contributed by atoms with Crippen LogP contribution in [0.5, 0.6) is 5.75 Å². The van der Waals surface area contributed by atoms with E-state index in [0.29, 0.717) is 47.1 Å². The van der Waals surface area contributed by atoms with E-state index in [0.717, 1.165) is 24.0 Å². The number of ether oxygens (including phenoxy) is 2. The fraction of sp³-hybridized carbons (Fsp3) is 0.241. The maximum atomic E-state index is 13.7. The van der Waals surface area contributed by atoms with Crippen molar-refractivity contribution in [2.75, 3.05) is 13.2 Å². The molecule has 36 heavy (non-hydrogen) atoms. The number of hydrogen-bond donors (Lipinski definition) is 0.